The van der Waals surface area contributed by atoms with E-state index < -0.39 is 0 Å². The summed E-state index contributed by atoms with van der Waals surface area (Å²) in [6, 6.07) is 4.43. The van der Waals surface area contributed by atoms with Crippen molar-refractivity contribution in [2.24, 2.45) is 0 Å². The molecule has 0 aliphatic heterocycles. The van der Waals surface area contributed by atoms with Crippen LogP contribution in [0.25, 0.3) is 0 Å². The summed E-state index contributed by atoms with van der Waals surface area (Å²) in [6.07, 6.45) is 1.09. The molecule has 0 unspecified atom stereocenters. The van der Waals surface area contributed by atoms with Crippen molar-refractivity contribution < 1.29 is 4.74 Å². The van der Waals surface area contributed by atoms with Gasteiger partial charge in [0.1, 0.15) is 0 Å². The van der Waals surface area contributed by atoms with Crippen molar-refractivity contribution in [1.29, 1.82) is 0 Å². The lowest BCUT2D eigenvalue weighted by molar-refractivity contribution is 0.190. The van der Waals surface area contributed by atoms with E-state index in [1.807, 2.05) is 0 Å². The van der Waals surface area contributed by atoms with Crippen LogP contribution in [0.15, 0.2) is 12.1 Å². The average molecular weight is 195 g/mol. The molecule has 0 saturated heterocycles. The van der Waals surface area contributed by atoms with Crippen LogP contribution in [0.1, 0.15) is 37.6 Å². The van der Waals surface area contributed by atoms with Crippen molar-refractivity contribution in [3.05, 3.63) is 23.5 Å². The molecule has 14 heavy (non-hydrogen) atoms. The van der Waals surface area contributed by atoms with Gasteiger partial charge in [0.05, 0.1) is 0 Å². The molecule has 0 fully saturated rings. The Morgan fingerprint density at radius 1 is 1.36 bits per heavy atom. The minimum atomic E-state index is 0.603. The molecule has 0 N–H and O–H groups in total. The third kappa shape index (κ3) is 2.61. The molecule has 1 aromatic heterocycles. The molecule has 0 spiro atoms. The molecule has 2 heteroatoms. The number of nitrogens with zero attached hydrogens (tertiary/aromatic N) is 1. The molecule has 0 bridgehead atoms. The zero-order valence-corrected chi connectivity index (χ0v) is 9.71. The van der Waals surface area contributed by atoms with Gasteiger partial charge in [-0.25, -0.2) is 0 Å². The highest BCUT2D eigenvalue weighted by molar-refractivity contribution is 5.17. The molecule has 0 aliphatic rings. The summed E-state index contributed by atoms with van der Waals surface area (Å²) in [5.41, 5.74) is 2.78. The lowest BCUT2D eigenvalue weighted by atomic mass is 10.1. The van der Waals surface area contributed by atoms with E-state index in [1.165, 1.54) is 11.4 Å². The normalized spacial score (nSPS) is 11.2. The van der Waals surface area contributed by atoms with Crippen LogP contribution in [0.3, 0.4) is 0 Å². The Balaban J connectivity index is 2.67. The monoisotopic (exact) mass is 195 g/mol. The van der Waals surface area contributed by atoms with E-state index in [-0.39, 0.29) is 0 Å². The Morgan fingerprint density at radius 3 is 2.64 bits per heavy atom. The highest BCUT2D eigenvalue weighted by Gasteiger charge is 2.07. The lowest BCUT2D eigenvalue weighted by Gasteiger charge is -2.13. The molecule has 0 aliphatic carbocycles. The second-order valence-corrected chi connectivity index (χ2v) is 4.05. The third-order valence-corrected chi connectivity index (χ3v) is 2.55. The van der Waals surface area contributed by atoms with E-state index >= 15 is 0 Å². The fourth-order valence-corrected chi connectivity index (χ4v) is 1.77. The number of aryl methyl sites for hydroxylation is 1. The number of rotatable bonds is 5. The van der Waals surface area contributed by atoms with E-state index in [2.05, 4.69) is 37.5 Å². The fourth-order valence-electron chi connectivity index (χ4n) is 1.77. The summed E-state index contributed by atoms with van der Waals surface area (Å²) >= 11 is 0. The minimum Gasteiger partial charge on any atom is -0.385 e. The maximum Gasteiger partial charge on any atom is 0.0479 e. The van der Waals surface area contributed by atoms with E-state index in [4.69, 9.17) is 4.74 Å². The van der Waals surface area contributed by atoms with Gasteiger partial charge in [0.2, 0.25) is 0 Å². The molecule has 0 saturated carbocycles. The van der Waals surface area contributed by atoms with E-state index in [0.717, 1.165) is 19.6 Å². The summed E-state index contributed by atoms with van der Waals surface area (Å²) in [4.78, 5) is 0. The van der Waals surface area contributed by atoms with Gasteiger partial charge in [0.15, 0.2) is 0 Å². The lowest BCUT2D eigenvalue weighted by Crippen LogP contribution is -2.08. The van der Waals surface area contributed by atoms with Crippen LogP contribution in [-0.2, 0) is 11.3 Å². The number of hydrogen-bond acceptors (Lipinski definition) is 1. The van der Waals surface area contributed by atoms with Crippen LogP contribution >= 0.6 is 0 Å². The Kier molecular flexibility index (Phi) is 4.21. The molecular weight excluding hydrogens is 174 g/mol. The average Bonchev–Trinajstić information content (AvgIpc) is 2.48. The van der Waals surface area contributed by atoms with Gasteiger partial charge in [0.25, 0.3) is 0 Å². The molecular formula is C12H21NO. The number of aromatic nitrogens is 1. The van der Waals surface area contributed by atoms with Crippen LogP contribution in [0, 0.1) is 6.92 Å². The van der Waals surface area contributed by atoms with Gasteiger partial charge >= 0.3 is 0 Å². The standard InChI is InChI=1S/C12H21NO/c1-10(2)12-7-6-11(3)13(12)8-5-9-14-4/h6-7,10H,5,8-9H2,1-4H3. The summed E-state index contributed by atoms with van der Waals surface area (Å²) in [5.74, 6) is 0.603. The largest absolute Gasteiger partial charge is 0.385 e. The van der Waals surface area contributed by atoms with Gasteiger partial charge in [-0.1, -0.05) is 13.8 Å². The predicted molar refractivity (Wildman–Crippen MR) is 59.8 cm³/mol. The van der Waals surface area contributed by atoms with Crippen LogP contribution < -0.4 is 0 Å². The van der Waals surface area contributed by atoms with Crippen molar-refractivity contribution in [3.63, 3.8) is 0 Å². The summed E-state index contributed by atoms with van der Waals surface area (Å²) < 4.78 is 7.46. The van der Waals surface area contributed by atoms with Gasteiger partial charge < -0.3 is 9.30 Å². The first-order valence-corrected chi connectivity index (χ1v) is 5.31. The maximum atomic E-state index is 5.07. The Morgan fingerprint density at radius 2 is 2.07 bits per heavy atom. The Bertz CT molecular complexity index is 276. The smallest absolute Gasteiger partial charge is 0.0479 e. The van der Waals surface area contributed by atoms with E-state index in [1.54, 1.807) is 7.11 Å². The quantitative estimate of drug-likeness (QED) is 0.659. The molecule has 80 valence electrons. The molecule has 1 rings (SSSR count). The second-order valence-electron chi connectivity index (χ2n) is 4.05. The Labute approximate surface area is 86.9 Å². The summed E-state index contributed by atoms with van der Waals surface area (Å²) in [5, 5.41) is 0. The van der Waals surface area contributed by atoms with Crippen molar-refractivity contribution in [2.45, 2.75) is 39.7 Å². The number of methoxy groups -OCH3 is 1. The molecule has 0 atom stereocenters. The first-order chi connectivity index (χ1) is 6.66. The first-order valence-electron chi connectivity index (χ1n) is 5.31. The summed E-state index contributed by atoms with van der Waals surface area (Å²) in [7, 11) is 1.76. The molecule has 0 amide bonds. The maximum absolute atomic E-state index is 5.07. The van der Waals surface area contributed by atoms with Gasteiger partial charge in [-0.3, -0.25) is 0 Å². The van der Waals surface area contributed by atoms with Gasteiger partial charge in [-0.15, -0.1) is 0 Å². The molecule has 1 heterocycles. The van der Waals surface area contributed by atoms with Crippen molar-refractivity contribution in [1.82, 2.24) is 4.57 Å². The highest BCUT2D eigenvalue weighted by Crippen LogP contribution is 2.18. The fraction of sp³-hybridized carbons (Fsp3) is 0.667. The third-order valence-electron chi connectivity index (χ3n) is 2.55. The first kappa shape index (κ1) is 11.3. The van der Waals surface area contributed by atoms with Gasteiger partial charge in [0, 0.05) is 31.6 Å². The van der Waals surface area contributed by atoms with Crippen LogP contribution in [0.2, 0.25) is 0 Å². The SMILES string of the molecule is COCCCn1c(C)ccc1C(C)C. The zero-order valence-electron chi connectivity index (χ0n) is 9.71. The number of ether oxygens (including phenoxy) is 1. The Hall–Kier alpha value is -0.760. The molecule has 0 radical (unpaired) electrons. The molecule has 2 nitrogen and oxygen atoms in total. The molecule has 1 aromatic rings. The van der Waals surface area contributed by atoms with Gasteiger partial charge in [-0.2, -0.15) is 0 Å². The molecule has 0 aromatic carbocycles. The van der Waals surface area contributed by atoms with Crippen molar-refractivity contribution in [2.75, 3.05) is 13.7 Å². The minimum absolute atomic E-state index is 0.603. The van der Waals surface area contributed by atoms with Crippen LogP contribution in [0.5, 0.6) is 0 Å². The van der Waals surface area contributed by atoms with Crippen molar-refractivity contribution >= 4 is 0 Å². The second kappa shape index (κ2) is 5.20. The van der Waals surface area contributed by atoms with Crippen LogP contribution in [0.4, 0.5) is 0 Å². The van der Waals surface area contributed by atoms with Gasteiger partial charge in [-0.05, 0) is 31.4 Å². The van der Waals surface area contributed by atoms with E-state index in [9.17, 15) is 0 Å². The number of hydrogen-bond donors (Lipinski definition) is 0. The van der Waals surface area contributed by atoms with E-state index in [0.29, 0.717) is 5.92 Å². The summed E-state index contributed by atoms with van der Waals surface area (Å²) in [6.45, 7) is 8.55. The van der Waals surface area contributed by atoms with Crippen LogP contribution in [-0.4, -0.2) is 18.3 Å². The predicted octanol–water partition coefficient (Wildman–Crippen LogP) is 2.96. The highest BCUT2D eigenvalue weighted by atomic mass is 16.5. The topological polar surface area (TPSA) is 14.2 Å². The van der Waals surface area contributed by atoms with Crippen molar-refractivity contribution in [3.8, 4) is 0 Å². The zero-order chi connectivity index (χ0) is 10.6.